The van der Waals surface area contributed by atoms with E-state index in [0.29, 0.717) is 5.69 Å². The zero-order valence-electron chi connectivity index (χ0n) is 10.4. The number of hydrogen-bond acceptors (Lipinski definition) is 3. The van der Waals surface area contributed by atoms with Crippen LogP contribution >= 0.6 is 0 Å². The Labute approximate surface area is 104 Å². The first-order chi connectivity index (χ1) is 8.34. The second kappa shape index (κ2) is 3.97. The third-order valence-corrected chi connectivity index (χ3v) is 3.36. The van der Waals surface area contributed by atoms with Crippen molar-refractivity contribution >= 4 is 23.5 Å². The van der Waals surface area contributed by atoms with Gasteiger partial charge in [0.05, 0.1) is 5.69 Å². The fourth-order valence-electron chi connectivity index (χ4n) is 2.09. The lowest BCUT2D eigenvalue weighted by molar-refractivity contribution is -0.122. The van der Waals surface area contributed by atoms with E-state index in [4.69, 9.17) is 5.11 Å². The maximum absolute atomic E-state index is 12.0. The summed E-state index contributed by atoms with van der Waals surface area (Å²) in [6.07, 6.45) is 0. The number of nitrogens with zero attached hydrogens (tertiary/aromatic N) is 1. The number of H-pyrrole nitrogens is 1. The molecule has 0 spiro atoms. The fourth-order valence-corrected chi connectivity index (χ4v) is 2.09. The van der Waals surface area contributed by atoms with Crippen LogP contribution in [0.2, 0.25) is 0 Å². The molecule has 6 nitrogen and oxygen atoms in total. The molecule has 0 aromatic carbocycles. The van der Waals surface area contributed by atoms with E-state index in [0.717, 1.165) is 4.90 Å². The van der Waals surface area contributed by atoms with E-state index in [1.807, 2.05) is 0 Å². The Hall–Kier alpha value is -2.11. The van der Waals surface area contributed by atoms with Crippen LogP contribution in [0.5, 0.6) is 0 Å². The van der Waals surface area contributed by atoms with Gasteiger partial charge in [0.15, 0.2) is 0 Å². The van der Waals surface area contributed by atoms with E-state index in [1.165, 1.54) is 6.07 Å². The molecular formula is C12H14N2O4. The standard InChI is InChI=1S/C12H14N2O4/c1-5-4-8(9(13-5)12(17)18)14-10(15)6(2)7(3)11(14)16/h4,6-7,13H,1-3H3,(H,17,18). The third-order valence-electron chi connectivity index (χ3n) is 3.36. The highest BCUT2D eigenvalue weighted by Gasteiger charge is 2.44. The Balaban J connectivity index is 2.53. The molecule has 18 heavy (non-hydrogen) atoms. The molecule has 0 bridgehead atoms. The molecule has 1 aromatic heterocycles. The van der Waals surface area contributed by atoms with Crippen molar-refractivity contribution in [2.75, 3.05) is 4.90 Å². The number of carbonyl (C=O) groups excluding carboxylic acids is 2. The number of amides is 2. The molecule has 0 aliphatic carbocycles. The number of carboxylic acids is 1. The molecule has 2 N–H and O–H groups in total. The second-order valence-corrected chi connectivity index (χ2v) is 4.61. The molecule has 1 fully saturated rings. The van der Waals surface area contributed by atoms with Crippen molar-refractivity contribution < 1.29 is 19.5 Å². The summed E-state index contributed by atoms with van der Waals surface area (Å²) < 4.78 is 0. The van der Waals surface area contributed by atoms with Crippen LogP contribution in [-0.4, -0.2) is 27.9 Å². The van der Waals surface area contributed by atoms with Crippen molar-refractivity contribution in [3.63, 3.8) is 0 Å². The highest BCUT2D eigenvalue weighted by Crippen LogP contribution is 2.33. The van der Waals surface area contributed by atoms with Crippen LogP contribution in [0, 0.1) is 18.8 Å². The van der Waals surface area contributed by atoms with Crippen LogP contribution in [0.1, 0.15) is 30.0 Å². The van der Waals surface area contributed by atoms with Gasteiger partial charge in [-0.1, -0.05) is 13.8 Å². The van der Waals surface area contributed by atoms with Gasteiger partial charge in [-0.3, -0.25) is 9.59 Å². The van der Waals surface area contributed by atoms with Crippen LogP contribution < -0.4 is 4.90 Å². The minimum Gasteiger partial charge on any atom is -0.477 e. The highest BCUT2D eigenvalue weighted by molar-refractivity contribution is 6.23. The van der Waals surface area contributed by atoms with Gasteiger partial charge in [-0.15, -0.1) is 0 Å². The minimum absolute atomic E-state index is 0.129. The summed E-state index contributed by atoms with van der Waals surface area (Å²) in [6.45, 7) is 5.02. The summed E-state index contributed by atoms with van der Waals surface area (Å²) in [4.78, 5) is 38.7. The molecule has 1 aliphatic rings. The second-order valence-electron chi connectivity index (χ2n) is 4.61. The number of aromatic carboxylic acids is 1. The topological polar surface area (TPSA) is 90.5 Å². The van der Waals surface area contributed by atoms with Crippen molar-refractivity contribution in [2.45, 2.75) is 20.8 Å². The average molecular weight is 250 g/mol. The van der Waals surface area contributed by atoms with Gasteiger partial charge >= 0.3 is 5.97 Å². The first-order valence-electron chi connectivity index (χ1n) is 5.65. The Morgan fingerprint density at radius 3 is 2.22 bits per heavy atom. The fraction of sp³-hybridized carbons (Fsp3) is 0.417. The van der Waals surface area contributed by atoms with Crippen molar-refractivity contribution in [1.82, 2.24) is 4.98 Å². The number of imide groups is 1. The van der Waals surface area contributed by atoms with Gasteiger partial charge in [-0.2, -0.15) is 0 Å². The van der Waals surface area contributed by atoms with E-state index in [1.54, 1.807) is 20.8 Å². The number of rotatable bonds is 2. The largest absolute Gasteiger partial charge is 0.477 e. The van der Waals surface area contributed by atoms with Crippen molar-refractivity contribution in [1.29, 1.82) is 0 Å². The van der Waals surface area contributed by atoms with E-state index < -0.39 is 17.8 Å². The van der Waals surface area contributed by atoms with Crippen molar-refractivity contribution in [3.8, 4) is 0 Å². The van der Waals surface area contributed by atoms with Gasteiger partial charge in [-0.05, 0) is 13.0 Å². The van der Waals surface area contributed by atoms with Crippen LogP contribution in [0.15, 0.2) is 6.07 Å². The molecule has 2 amide bonds. The summed E-state index contributed by atoms with van der Waals surface area (Å²) in [6, 6.07) is 1.50. The smallest absolute Gasteiger partial charge is 0.354 e. The summed E-state index contributed by atoms with van der Waals surface area (Å²) in [5.74, 6) is -2.74. The molecule has 96 valence electrons. The number of carboxylic acid groups (broad SMARTS) is 1. The average Bonchev–Trinajstić information content (AvgIpc) is 2.76. The van der Waals surface area contributed by atoms with Gasteiger partial charge in [0, 0.05) is 17.5 Å². The summed E-state index contributed by atoms with van der Waals surface area (Å²) >= 11 is 0. The number of hydrogen-bond donors (Lipinski definition) is 2. The van der Waals surface area contributed by atoms with Gasteiger partial charge in [0.2, 0.25) is 11.8 Å². The predicted octanol–water partition coefficient (Wildman–Crippen LogP) is 1.17. The molecule has 1 saturated heterocycles. The SMILES string of the molecule is Cc1cc(N2C(=O)C(C)C(C)C2=O)c(C(=O)O)[nH]1. The zero-order valence-corrected chi connectivity index (χ0v) is 10.4. The first kappa shape index (κ1) is 12.3. The normalized spacial score (nSPS) is 23.8. The number of aromatic nitrogens is 1. The van der Waals surface area contributed by atoms with Gasteiger partial charge < -0.3 is 10.1 Å². The first-order valence-corrected chi connectivity index (χ1v) is 5.65. The van der Waals surface area contributed by atoms with E-state index in [9.17, 15) is 14.4 Å². The Kier molecular flexibility index (Phi) is 2.73. The third kappa shape index (κ3) is 1.61. The van der Waals surface area contributed by atoms with Gasteiger partial charge in [0.25, 0.3) is 0 Å². The minimum atomic E-state index is -1.19. The monoisotopic (exact) mass is 250 g/mol. The van der Waals surface area contributed by atoms with Crippen molar-refractivity contribution in [3.05, 3.63) is 17.5 Å². The number of aryl methyl sites for hydroxylation is 1. The van der Waals surface area contributed by atoms with Gasteiger partial charge in [-0.25, -0.2) is 9.69 Å². The molecule has 1 aromatic rings. The highest BCUT2D eigenvalue weighted by atomic mass is 16.4. The lowest BCUT2D eigenvalue weighted by Crippen LogP contribution is -2.31. The maximum atomic E-state index is 12.0. The van der Waals surface area contributed by atoms with Gasteiger partial charge in [0.1, 0.15) is 5.69 Å². The zero-order chi connectivity index (χ0) is 13.6. The quantitative estimate of drug-likeness (QED) is 0.771. The van der Waals surface area contributed by atoms with Crippen LogP contribution in [-0.2, 0) is 9.59 Å². The summed E-state index contributed by atoms with van der Waals surface area (Å²) in [5.41, 5.74) is 0.594. The lowest BCUT2D eigenvalue weighted by atomic mass is 10.00. The van der Waals surface area contributed by atoms with E-state index in [2.05, 4.69) is 4.98 Å². The number of anilines is 1. The van der Waals surface area contributed by atoms with E-state index >= 15 is 0 Å². The Morgan fingerprint density at radius 2 is 1.78 bits per heavy atom. The molecule has 2 unspecified atom stereocenters. The molecule has 6 heteroatoms. The molecule has 1 aliphatic heterocycles. The number of carbonyl (C=O) groups is 3. The molecule has 0 radical (unpaired) electrons. The summed E-state index contributed by atoms with van der Waals surface area (Å²) in [5, 5.41) is 9.06. The number of aromatic amines is 1. The Bertz CT molecular complexity index is 526. The number of nitrogens with one attached hydrogen (secondary N) is 1. The van der Waals surface area contributed by atoms with Crippen molar-refractivity contribution in [2.24, 2.45) is 11.8 Å². The van der Waals surface area contributed by atoms with E-state index in [-0.39, 0.29) is 23.2 Å². The van der Waals surface area contributed by atoms with Crippen LogP contribution in [0.3, 0.4) is 0 Å². The summed E-state index contributed by atoms with van der Waals surface area (Å²) in [7, 11) is 0. The molecule has 2 heterocycles. The van der Waals surface area contributed by atoms with Crippen LogP contribution in [0.4, 0.5) is 5.69 Å². The lowest BCUT2D eigenvalue weighted by Gasteiger charge is -2.13. The molecular weight excluding hydrogens is 236 g/mol. The molecule has 0 saturated carbocycles. The Morgan fingerprint density at radius 1 is 1.28 bits per heavy atom. The predicted molar refractivity (Wildman–Crippen MR) is 63.3 cm³/mol. The maximum Gasteiger partial charge on any atom is 0.354 e. The molecule has 2 atom stereocenters. The molecule has 2 rings (SSSR count). The van der Waals surface area contributed by atoms with Crippen LogP contribution in [0.25, 0.3) is 0 Å².